The van der Waals surface area contributed by atoms with Gasteiger partial charge in [-0.1, -0.05) is 0 Å². The topological polar surface area (TPSA) is 46.5 Å². The fourth-order valence-electron chi connectivity index (χ4n) is 1.07. The first-order valence-electron chi connectivity index (χ1n) is 4.68. The zero-order valence-corrected chi connectivity index (χ0v) is 8.87. The minimum Gasteiger partial charge on any atom is -0.484 e. The van der Waals surface area contributed by atoms with Crippen LogP contribution in [-0.4, -0.2) is 23.9 Å². The fourth-order valence-corrected chi connectivity index (χ4v) is 1.07. The molecule has 0 spiro atoms. The molecule has 0 bridgehead atoms. The molecule has 18 heavy (non-hydrogen) atoms. The molecule has 1 N–H and O–H groups in total. The predicted molar refractivity (Wildman–Crippen MR) is 54.6 cm³/mol. The van der Waals surface area contributed by atoms with Gasteiger partial charge in [0.25, 0.3) is 0 Å². The number of carbonyl (C=O) groups is 1. The Balaban J connectivity index is 2.84. The maximum Gasteiger partial charge on any atom is 0.422 e. The van der Waals surface area contributed by atoms with Crippen LogP contribution in [0.5, 0.6) is 5.75 Å². The monoisotopic (exact) mass is 264 g/mol. The molecule has 0 aliphatic heterocycles. The van der Waals surface area contributed by atoms with E-state index in [9.17, 15) is 22.4 Å². The Morgan fingerprint density at radius 1 is 1.39 bits per heavy atom. The van der Waals surface area contributed by atoms with Gasteiger partial charge in [0.05, 0.1) is 0 Å². The van der Waals surface area contributed by atoms with Crippen molar-refractivity contribution >= 4 is 12.0 Å². The summed E-state index contributed by atoms with van der Waals surface area (Å²) >= 11 is 0. The van der Waals surface area contributed by atoms with Crippen molar-refractivity contribution in [3.05, 3.63) is 35.7 Å². The Labute approximate surface area is 99.3 Å². The lowest BCUT2D eigenvalue weighted by molar-refractivity contribution is -0.153. The van der Waals surface area contributed by atoms with E-state index >= 15 is 0 Å². The SMILES string of the molecule is O=C(O)C=Cc1cc(OCC(F)(F)F)ccc1F. The zero-order valence-electron chi connectivity index (χ0n) is 8.87. The highest BCUT2D eigenvalue weighted by atomic mass is 19.4. The van der Waals surface area contributed by atoms with Crippen molar-refractivity contribution in [2.24, 2.45) is 0 Å². The smallest absolute Gasteiger partial charge is 0.422 e. The standard InChI is InChI=1S/C11H8F4O3/c12-9-3-2-8(18-6-11(13,14)15)5-7(9)1-4-10(16)17/h1-5H,6H2,(H,16,17). The van der Waals surface area contributed by atoms with Crippen LogP contribution in [0.15, 0.2) is 24.3 Å². The molecule has 0 aromatic heterocycles. The van der Waals surface area contributed by atoms with Gasteiger partial charge >= 0.3 is 12.1 Å². The summed E-state index contributed by atoms with van der Waals surface area (Å²) in [7, 11) is 0. The lowest BCUT2D eigenvalue weighted by atomic mass is 10.2. The quantitative estimate of drug-likeness (QED) is 0.672. The lowest BCUT2D eigenvalue weighted by Gasteiger charge is -2.09. The molecule has 0 fully saturated rings. The summed E-state index contributed by atoms with van der Waals surface area (Å²) in [5.41, 5.74) is -0.169. The zero-order chi connectivity index (χ0) is 13.8. The van der Waals surface area contributed by atoms with Gasteiger partial charge in [0.1, 0.15) is 11.6 Å². The van der Waals surface area contributed by atoms with E-state index in [1.54, 1.807) is 0 Å². The molecule has 7 heteroatoms. The molecule has 98 valence electrons. The van der Waals surface area contributed by atoms with Crippen molar-refractivity contribution in [3.8, 4) is 5.75 Å². The summed E-state index contributed by atoms with van der Waals surface area (Å²) in [5, 5.41) is 8.36. The summed E-state index contributed by atoms with van der Waals surface area (Å²) in [6, 6.07) is 2.91. The number of hydrogen-bond acceptors (Lipinski definition) is 2. The summed E-state index contributed by atoms with van der Waals surface area (Å²) < 4.78 is 53.2. The Bertz CT molecular complexity index is 466. The minimum absolute atomic E-state index is 0.169. The molecule has 0 amide bonds. The number of hydrogen-bond donors (Lipinski definition) is 1. The van der Waals surface area contributed by atoms with Crippen molar-refractivity contribution in [1.82, 2.24) is 0 Å². The predicted octanol–water partition coefficient (Wildman–Crippen LogP) is 2.86. The number of alkyl halides is 3. The normalized spacial score (nSPS) is 11.8. The van der Waals surface area contributed by atoms with E-state index in [1.807, 2.05) is 0 Å². The Morgan fingerprint density at radius 2 is 2.06 bits per heavy atom. The van der Waals surface area contributed by atoms with Gasteiger partial charge in [0.15, 0.2) is 6.61 Å². The lowest BCUT2D eigenvalue weighted by Crippen LogP contribution is -2.19. The highest BCUT2D eigenvalue weighted by Crippen LogP contribution is 2.21. The summed E-state index contributed by atoms with van der Waals surface area (Å²) in [6.07, 6.45) is -2.89. The van der Waals surface area contributed by atoms with Crippen molar-refractivity contribution in [3.63, 3.8) is 0 Å². The molecule has 3 nitrogen and oxygen atoms in total. The van der Waals surface area contributed by atoms with E-state index in [1.165, 1.54) is 0 Å². The molecule has 0 radical (unpaired) electrons. The average Bonchev–Trinajstić information content (AvgIpc) is 2.25. The van der Waals surface area contributed by atoms with Crippen molar-refractivity contribution < 1.29 is 32.2 Å². The molecular weight excluding hydrogens is 256 g/mol. The molecular formula is C11H8F4O3. The van der Waals surface area contributed by atoms with Crippen LogP contribution in [0.4, 0.5) is 17.6 Å². The van der Waals surface area contributed by atoms with Crippen LogP contribution in [0.1, 0.15) is 5.56 Å². The third kappa shape index (κ3) is 4.86. The van der Waals surface area contributed by atoms with Gasteiger partial charge in [-0.05, 0) is 24.3 Å². The van der Waals surface area contributed by atoms with Gasteiger partial charge in [0.2, 0.25) is 0 Å². The van der Waals surface area contributed by atoms with E-state index in [-0.39, 0.29) is 11.3 Å². The number of carboxylic acid groups (broad SMARTS) is 1. The van der Waals surface area contributed by atoms with Crippen LogP contribution < -0.4 is 4.74 Å². The molecule has 0 heterocycles. The second kappa shape index (κ2) is 5.52. The van der Waals surface area contributed by atoms with Gasteiger partial charge in [-0.2, -0.15) is 13.2 Å². The number of benzene rings is 1. The van der Waals surface area contributed by atoms with E-state index in [0.717, 1.165) is 24.3 Å². The van der Waals surface area contributed by atoms with Gasteiger partial charge < -0.3 is 9.84 Å². The number of ether oxygens (including phenoxy) is 1. The maximum atomic E-state index is 13.2. The molecule has 0 atom stereocenters. The van der Waals surface area contributed by atoms with Crippen LogP contribution in [0.3, 0.4) is 0 Å². The van der Waals surface area contributed by atoms with Crippen LogP contribution >= 0.6 is 0 Å². The van der Waals surface area contributed by atoms with Crippen molar-refractivity contribution in [2.45, 2.75) is 6.18 Å². The fraction of sp³-hybridized carbons (Fsp3) is 0.182. The van der Waals surface area contributed by atoms with Gasteiger partial charge in [0, 0.05) is 11.6 Å². The number of halogens is 4. The largest absolute Gasteiger partial charge is 0.484 e. The first-order valence-corrected chi connectivity index (χ1v) is 4.68. The first-order chi connectivity index (χ1) is 8.28. The van der Waals surface area contributed by atoms with E-state index in [0.29, 0.717) is 6.08 Å². The highest BCUT2D eigenvalue weighted by molar-refractivity contribution is 5.85. The molecule has 1 rings (SSSR count). The van der Waals surface area contributed by atoms with Gasteiger partial charge in [-0.3, -0.25) is 0 Å². The highest BCUT2D eigenvalue weighted by Gasteiger charge is 2.28. The Hall–Kier alpha value is -2.05. The maximum absolute atomic E-state index is 13.2. The average molecular weight is 264 g/mol. The number of carboxylic acids is 1. The molecule has 0 saturated carbocycles. The molecule has 1 aromatic carbocycles. The minimum atomic E-state index is -4.49. The summed E-state index contributed by atoms with van der Waals surface area (Å²) in [4.78, 5) is 10.2. The number of rotatable bonds is 4. The second-order valence-electron chi connectivity index (χ2n) is 3.26. The van der Waals surface area contributed by atoms with Crippen LogP contribution in [-0.2, 0) is 4.79 Å². The number of aliphatic carboxylic acids is 1. The van der Waals surface area contributed by atoms with Crippen LogP contribution in [0.25, 0.3) is 6.08 Å². The van der Waals surface area contributed by atoms with Crippen LogP contribution in [0, 0.1) is 5.82 Å². The first kappa shape index (κ1) is 14.0. The molecule has 0 saturated heterocycles. The second-order valence-corrected chi connectivity index (χ2v) is 3.26. The van der Waals surface area contributed by atoms with Crippen LogP contribution in [0.2, 0.25) is 0 Å². The molecule has 1 aromatic rings. The van der Waals surface area contributed by atoms with Crippen molar-refractivity contribution in [2.75, 3.05) is 6.61 Å². The molecule has 0 aliphatic rings. The van der Waals surface area contributed by atoms with Gasteiger partial charge in [-0.25, -0.2) is 9.18 Å². The van der Waals surface area contributed by atoms with Crippen molar-refractivity contribution in [1.29, 1.82) is 0 Å². The summed E-state index contributed by atoms with van der Waals surface area (Å²) in [5.74, 6) is -2.25. The van der Waals surface area contributed by atoms with Gasteiger partial charge in [-0.15, -0.1) is 0 Å². The third-order valence-electron chi connectivity index (χ3n) is 1.78. The Morgan fingerprint density at radius 3 is 2.61 bits per heavy atom. The van der Waals surface area contributed by atoms with E-state index < -0.39 is 24.6 Å². The Kier molecular flexibility index (Phi) is 4.30. The summed E-state index contributed by atoms with van der Waals surface area (Å²) in [6.45, 7) is -1.50. The molecule has 0 unspecified atom stereocenters. The molecule has 0 aliphatic carbocycles. The third-order valence-corrected chi connectivity index (χ3v) is 1.78. The van der Waals surface area contributed by atoms with E-state index in [4.69, 9.17) is 5.11 Å². The van der Waals surface area contributed by atoms with E-state index in [2.05, 4.69) is 4.74 Å².